The van der Waals surface area contributed by atoms with E-state index in [0.29, 0.717) is 19.7 Å². The first kappa shape index (κ1) is 11.2. The molecule has 0 rings (SSSR count). The van der Waals surface area contributed by atoms with Crippen molar-refractivity contribution in [2.45, 2.75) is 13.8 Å². The maximum absolute atomic E-state index is 11.2. The van der Waals surface area contributed by atoms with Crippen molar-refractivity contribution in [3.8, 4) is 0 Å². The van der Waals surface area contributed by atoms with Crippen molar-refractivity contribution in [2.24, 2.45) is 0 Å². The molecule has 0 aliphatic heterocycles. The predicted octanol–water partition coefficient (Wildman–Crippen LogP) is 0.684. The van der Waals surface area contributed by atoms with Gasteiger partial charge >= 0.3 is 6.03 Å². The van der Waals surface area contributed by atoms with E-state index in [2.05, 4.69) is 5.32 Å². The second-order valence-corrected chi connectivity index (χ2v) is 2.41. The normalized spacial score (nSPS) is 9.58. The van der Waals surface area contributed by atoms with Crippen LogP contribution in [0.4, 0.5) is 4.79 Å². The molecule has 0 aromatic rings. The van der Waals surface area contributed by atoms with Crippen molar-refractivity contribution in [1.29, 1.82) is 0 Å². The molecule has 0 aliphatic carbocycles. The van der Waals surface area contributed by atoms with Crippen molar-refractivity contribution < 1.29 is 9.53 Å². The van der Waals surface area contributed by atoms with Crippen molar-refractivity contribution in [3.05, 3.63) is 0 Å². The number of rotatable bonds is 5. The minimum absolute atomic E-state index is 0.0166. The second kappa shape index (κ2) is 6.91. The van der Waals surface area contributed by atoms with Gasteiger partial charge in [-0.1, -0.05) is 0 Å². The van der Waals surface area contributed by atoms with Crippen LogP contribution in [0.1, 0.15) is 13.8 Å². The molecule has 0 bridgehead atoms. The van der Waals surface area contributed by atoms with Gasteiger partial charge in [0.15, 0.2) is 0 Å². The largest absolute Gasteiger partial charge is 0.383 e. The standard InChI is InChI=1S/C8H18N2O2/c1-4-9-8(11)10(5-2)6-7-12-3/h4-7H2,1-3H3,(H,9,11). The number of methoxy groups -OCH3 is 1. The first-order chi connectivity index (χ1) is 5.76. The van der Waals surface area contributed by atoms with E-state index in [-0.39, 0.29) is 6.03 Å². The van der Waals surface area contributed by atoms with Gasteiger partial charge in [0.25, 0.3) is 0 Å². The third kappa shape index (κ3) is 4.18. The van der Waals surface area contributed by atoms with Crippen molar-refractivity contribution in [2.75, 3.05) is 33.4 Å². The van der Waals surface area contributed by atoms with Crippen LogP contribution in [0, 0.1) is 0 Å². The van der Waals surface area contributed by atoms with E-state index in [1.807, 2.05) is 13.8 Å². The fourth-order valence-corrected chi connectivity index (χ4v) is 0.868. The minimum Gasteiger partial charge on any atom is -0.383 e. The minimum atomic E-state index is -0.0166. The Balaban J connectivity index is 3.71. The van der Waals surface area contributed by atoms with Gasteiger partial charge in [-0.3, -0.25) is 0 Å². The Morgan fingerprint density at radius 2 is 2.17 bits per heavy atom. The third-order valence-electron chi connectivity index (χ3n) is 1.56. The number of nitrogens with one attached hydrogen (secondary N) is 1. The first-order valence-electron chi connectivity index (χ1n) is 4.27. The van der Waals surface area contributed by atoms with E-state index in [1.54, 1.807) is 12.0 Å². The van der Waals surface area contributed by atoms with Gasteiger partial charge in [-0.15, -0.1) is 0 Å². The molecule has 0 saturated heterocycles. The number of likely N-dealkylation sites (N-methyl/N-ethyl adjacent to an activating group) is 1. The van der Waals surface area contributed by atoms with Gasteiger partial charge in [-0.25, -0.2) is 4.79 Å². The lowest BCUT2D eigenvalue weighted by atomic mass is 10.5. The molecular formula is C8H18N2O2. The lowest BCUT2D eigenvalue weighted by molar-refractivity contribution is 0.152. The summed E-state index contributed by atoms with van der Waals surface area (Å²) in [5.41, 5.74) is 0. The predicted molar refractivity (Wildman–Crippen MR) is 48.2 cm³/mol. The van der Waals surface area contributed by atoms with Crippen LogP contribution in [0.25, 0.3) is 0 Å². The summed E-state index contributed by atoms with van der Waals surface area (Å²) >= 11 is 0. The Morgan fingerprint density at radius 3 is 2.58 bits per heavy atom. The van der Waals surface area contributed by atoms with Crippen molar-refractivity contribution in [3.63, 3.8) is 0 Å². The van der Waals surface area contributed by atoms with E-state index >= 15 is 0 Å². The van der Waals surface area contributed by atoms with Gasteiger partial charge in [-0.05, 0) is 13.8 Å². The lowest BCUT2D eigenvalue weighted by Gasteiger charge is -2.20. The van der Waals surface area contributed by atoms with Gasteiger partial charge in [-0.2, -0.15) is 0 Å². The molecule has 12 heavy (non-hydrogen) atoms. The van der Waals surface area contributed by atoms with Crippen molar-refractivity contribution >= 4 is 6.03 Å². The fourth-order valence-electron chi connectivity index (χ4n) is 0.868. The Labute approximate surface area is 73.9 Å². The highest BCUT2D eigenvalue weighted by Crippen LogP contribution is 1.88. The summed E-state index contributed by atoms with van der Waals surface area (Å²) in [6, 6.07) is -0.0166. The summed E-state index contributed by atoms with van der Waals surface area (Å²) in [6.07, 6.45) is 0. The van der Waals surface area contributed by atoms with Crippen LogP contribution in [-0.4, -0.2) is 44.3 Å². The average Bonchev–Trinajstić information content (AvgIpc) is 2.06. The van der Waals surface area contributed by atoms with E-state index in [1.165, 1.54) is 0 Å². The zero-order chi connectivity index (χ0) is 9.40. The Morgan fingerprint density at radius 1 is 1.50 bits per heavy atom. The second-order valence-electron chi connectivity index (χ2n) is 2.41. The summed E-state index contributed by atoms with van der Waals surface area (Å²) in [5, 5.41) is 2.74. The van der Waals surface area contributed by atoms with Gasteiger partial charge in [0.2, 0.25) is 0 Å². The highest BCUT2D eigenvalue weighted by molar-refractivity contribution is 5.73. The van der Waals surface area contributed by atoms with E-state index in [9.17, 15) is 4.79 Å². The van der Waals surface area contributed by atoms with Crippen LogP contribution >= 0.6 is 0 Å². The molecule has 72 valence electrons. The maximum Gasteiger partial charge on any atom is 0.317 e. The SMILES string of the molecule is CCNC(=O)N(CC)CCOC. The molecule has 0 aromatic carbocycles. The molecule has 2 amide bonds. The quantitative estimate of drug-likeness (QED) is 0.666. The van der Waals surface area contributed by atoms with E-state index in [4.69, 9.17) is 4.74 Å². The summed E-state index contributed by atoms with van der Waals surface area (Å²) in [6.45, 7) is 6.48. The molecule has 0 heterocycles. The molecule has 0 spiro atoms. The van der Waals surface area contributed by atoms with E-state index in [0.717, 1.165) is 6.54 Å². The topological polar surface area (TPSA) is 41.6 Å². The van der Waals surface area contributed by atoms with Crippen LogP contribution in [0.15, 0.2) is 0 Å². The van der Waals surface area contributed by atoms with Crippen LogP contribution in [-0.2, 0) is 4.74 Å². The smallest absolute Gasteiger partial charge is 0.317 e. The number of carbonyl (C=O) groups is 1. The van der Waals surface area contributed by atoms with Crippen LogP contribution in [0.5, 0.6) is 0 Å². The number of amides is 2. The van der Waals surface area contributed by atoms with Crippen molar-refractivity contribution in [1.82, 2.24) is 10.2 Å². The number of ether oxygens (including phenoxy) is 1. The number of nitrogens with zero attached hydrogens (tertiary/aromatic N) is 1. The lowest BCUT2D eigenvalue weighted by Crippen LogP contribution is -2.41. The zero-order valence-electron chi connectivity index (χ0n) is 8.09. The van der Waals surface area contributed by atoms with Gasteiger partial charge < -0.3 is 15.0 Å². The average molecular weight is 174 g/mol. The molecular weight excluding hydrogens is 156 g/mol. The summed E-state index contributed by atoms with van der Waals surface area (Å²) in [4.78, 5) is 13.0. The summed E-state index contributed by atoms with van der Waals surface area (Å²) < 4.78 is 4.88. The summed E-state index contributed by atoms with van der Waals surface area (Å²) in [5.74, 6) is 0. The number of carbonyl (C=O) groups excluding carboxylic acids is 1. The molecule has 0 atom stereocenters. The number of hydrogen-bond donors (Lipinski definition) is 1. The number of urea groups is 1. The molecule has 0 saturated carbocycles. The monoisotopic (exact) mass is 174 g/mol. The third-order valence-corrected chi connectivity index (χ3v) is 1.56. The highest BCUT2D eigenvalue weighted by Gasteiger charge is 2.08. The molecule has 0 fully saturated rings. The molecule has 4 heteroatoms. The molecule has 0 unspecified atom stereocenters. The maximum atomic E-state index is 11.2. The van der Waals surface area contributed by atoms with Crippen LogP contribution in [0.3, 0.4) is 0 Å². The van der Waals surface area contributed by atoms with E-state index < -0.39 is 0 Å². The number of hydrogen-bond acceptors (Lipinski definition) is 2. The highest BCUT2D eigenvalue weighted by atomic mass is 16.5. The molecule has 0 aliphatic rings. The summed E-state index contributed by atoms with van der Waals surface area (Å²) in [7, 11) is 1.63. The molecule has 0 aromatic heterocycles. The molecule has 4 nitrogen and oxygen atoms in total. The molecule has 1 N–H and O–H groups in total. The molecule has 0 radical (unpaired) electrons. The van der Waals surface area contributed by atoms with Gasteiger partial charge in [0.1, 0.15) is 0 Å². The van der Waals surface area contributed by atoms with Crippen LogP contribution < -0.4 is 5.32 Å². The van der Waals surface area contributed by atoms with Crippen LogP contribution in [0.2, 0.25) is 0 Å². The van der Waals surface area contributed by atoms with Gasteiger partial charge in [0, 0.05) is 26.7 Å². The van der Waals surface area contributed by atoms with Gasteiger partial charge in [0.05, 0.1) is 6.61 Å². The Bertz CT molecular complexity index is 128. The fraction of sp³-hybridized carbons (Fsp3) is 0.875. The Kier molecular flexibility index (Phi) is 6.47. The zero-order valence-corrected chi connectivity index (χ0v) is 8.09. The Hall–Kier alpha value is -0.770. The first-order valence-corrected chi connectivity index (χ1v) is 4.27.